The predicted molar refractivity (Wildman–Crippen MR) is 40.2 cm³/mol. The van der Waals surface area contributed by atoms with Gasteiger partial charge in [-0.1, -0.05) is 11.6 Å². The smallest absolute Gasteiger partial charge is 0.0963 e. The third kappa shape index (κ3) is 1.38. The number of nitrogens with zero attached hydrogens (tertiary/aromatic N) is 1. The number of rotatable bonds is 0. The lowest BCUT2D eigenvalue weighted by Crippen LogP contribution is -2.23. The van der Waals surface area contributed by atoms with Crippen molar-refractivity contribution in [2.45, 2.75) is 12.5 Å². The number of halogens is 1. The van der Waals surface area contributed by atoms with Crippen molar-refractivity contribution >= 4 is 11.6 Å². The first-order valence-corrected chi connectivity index (χ1v) is 3.34. The van der Waals surface area contributed by atoms with Gasteiger partial charge in [0.2, 0.25) is 0 Å². The van der Waals surface area contributed by atoms with Crippen LogP contribution in [0.1, 0.15) is 6.42 Å². The zero-order valence-corrected chi connectivity index (χ0v) is 6.10. The van der Waals surface area contributed by atoms with Gasteiger partial charge in [-0.25, -0.2) is 0 Å². The summed E-state index contributed by atoms with van der Waals surface area (Å²) < 4.78 is 0. The summed E-state index contributed by atoms with van der Waals surface area (Å²) in [5, 5.41) is 9.19. The van der Waals surface area contributed by atoms with E-state index < -0.39 is 0 Å². The molecular weight excluding hydrogens is 148 g/mol. The fourth-order valence-corrected chi connectivity index (χ4v) is 1.04. The van der Waals surface area contributed by atoms with Crippen LogP contribution in [0.15, 0.2) is 22.8 Å². The van der Waals surface area contributed by atoms with Crippen molar-refractivity contribution < 1.29 is 0 Å². The van der Waals surface area contributed by atoms with Gasteiger partial charge in [0.15, 0.2) is 0 Å². The van der Waals surface area contributed by atoms with Gasteiger partial charge in [0.25, 0.3) is 0 Å². The average Bonchev–Trinajstić information content (AvgIpc) is 1.88. The zero-order chi connectivity index (χ0) is 7.56. The molecular formula is C7H7ClN2. The van der Waals surface area contributed by atoms with E-state index >= 15 is 0 Å². The van der Waals surface area contributed by atoms with E-state index in [1.807, 2.05) is 6.07 Å². The van der Waals surface area contributed by atoms with Crippen LogP contribution in [0, 0.1) is 11.3 Å². The number of nitriles is 1. The van der Waals surface area contributed by atoms with E-state index in [9.17, 15) is 0 Å². The van der Waals surface area contributed by atoms with Crippen molar-refractivity contribution in [1.29, 1.82) is 5.26 Å². The van der Waals surface area contributed by atoms with Crippen LogP contribution in [0.25, 0.3) is 0 Å². The highest BCUT2D eigenvalue weighted by Crippen LogP contribution is 2.19. The molecule has 0 bridgehead atoms. The summed E-state index contributed by atoms with van der Waals surface area (Å²) in [4.78, 5) is 0. The van der Waals surface area contributed by atoms with Crippen LogP contribution in [0.4, 0.5) is 0 Å². The second kappa shape index (κ2) is 2.87. The minimum atomic E-state index is -0.206. The fraction of sp³-hybridized carbons (Fsp3) is 0.286. The Bertz CT molecular complexity index is 234. The molecule has 1 unspecified atom stereocenters. The summed E-state index contributed by atoms with van der Waals surface area (Å²) in [7, 11) is 0. The first kappa shape index (κ1) is 7.33. The van der Waals surface area contributed by atoms with E-state index in [2.05, 4.69) is 0 Å². The van der Waals surface area contributed by atoms with Crippen LogP contribution in [0.3, 0.4) is 0 Å². The maximum atomic E-state index is 8.48. The van der Waals surface area contributed by atoms with Gasteiger partial charge in [0.05, 0.1) is 6.07 Å². The summed E-state index contributed by atoms with van der Waals surface area (Å²) >= 11 is 5.66. The molecule has 1 atom stereocenters. The summed E-state index contributed by atoms with van der Waals surface area (Å²) in [5.74, 6) is 0. The van der Waals surface area contributed by atoms with Gasteiger partial charge >= 0.3 is 0 Å². The summed E-state index contributed by atoms with van der Waals surface area (Å²) in [6, 6.07) is 1.80. The molecule has 0 saturated heterocycles. The molecule has 2 nitrogen and oxygen atoms in total. The molecule has 1 rings (SSSR count). The first-order chi connectivity index (χ1) is 4.74. The Morgan fingerprint density at radius 2 is 2.40 bits per heavy atom. The predicted octanol–water partition coefficient (Wildman–Crippen LogP) is 1.29. The fourth-order valence-electron chi connectivity index (χ4n) is 0.812. The van der Waals surface area contributed by atoms with Crippen LogP contribution in [0.2, 0.25) is 0 Å². The van der Waals surface area contributed by atoms with Gasteiger partial charge in [-0.05, 0) is 12.2 Å². The Kier molecular flexibility index (Phi) is 2.10. The van der Waals surface area contributed by atoms with Crippen LogP contribution < -0.4 is 5.73 Å². The molecule has 1 aliphatic carbocycles. The summed E-state index contributed by atoms with van der Waals surface area (Å²) in [6.07, 6.45) is 3.96. The van der Waals surface area contributed by atoms with Gasteiger partial charge in [-0.3, -0.25) is 0 Å². The Balaban J connectivity index is 2.84. The molecule has 0 aromatic heterocycles. The summed E-state index contributed by atoms with van der Waals surface area (Å²) in [5.41, 5.74) is 6.17. The van der Waals surface area contributed by atoms with Gasteiger partial charge in [0.1, 0.15) is 0 Å². The maximum Gasteiger partial charge on any atom is 0.0963 e. The van der Waals surface area contributed by atoms with Crippen molar-refractivity contribution in [3.63, 3.8) is 0 Å². The minimum absolute atomic E-state index is 0.206. The van der Waals surface area contributed by atoms with E-state index in [0.29, 0.717) is 17.0 Å². The molecule has 1 aliphatic rings. The van der Waals surface area contributed by atoms with Crippen LogP contribution >= 0.6 is 11.6 Å². The van der Waals surface area contributed by atoms with Crippen molar-refractivity contribution in [1.82, 2.24) is 0 Å². The lowest BCUT2D eigenvalue weighted by molar-refractivity contribution is 0.787. The molecule has 0 aliphatic heterocycles. The van der Waals surface area contributed by atoms with E-state index in [1.165, 1.54) is 0 Å². The topological polar surface area (TPSA) is 49.8 Å². The van der Waals surface area contributed by atoms with Gasteiger partial charge < -0.3 is 5.73 Å². The molecule has 0 saturated carbocycles. The van der Waals surface area contributed by atoms with Gasteiger partial charge in [0, 0.05) is 23.1 Å². The average molecular weight is 155 g/mol. The Morgan fingerprint density at radius 3 is 2.90 bits per heavy atom. The van der Waals surface area contributed by atoms with Gasteiger partial charge in [-0.2, -0.15) is 5.26 Å². The molecule has 0 spiro atoms. The first-order valence-electron chi connectivity index (χ1n) is 2.96. The number of nitrogens with two attached hydrogens (primary N) is 1. The Morgan fingerprint density at radius 1 is 1.70 bits per heavy atom. The number of hydrogen-bond donors (Lipinski definition) is 1. The molecule has 10 heavy (non-hydrogen) atoms. The highest BCUT2D eigenvalue weighted by atomic mass is 35.5. The Hall–Kier alpha value is -0.780. The van der Waals surface area contributed by atoms with E-state index in [0.717, 1.165) is 0 Å². The molecule has 0 fully saturated rings. The van der Waals surface area contributed by atoms with Crippen LogP contribution in [-0.2, 0) is 0 Å². The van der Waals surface area contributed by atoms with E-state index in [-0.39, 0.29) is 6.04 Å². The second-order valence-corrected chi connectivity index (χ2v) is 2.64. The van der Waals surface area contributed by atoms with Crippen LogP contribution in [-0.4, -0.2) is 6.04 Å². The molecule has 3 heteroatoms. The monoisotopic (exact) mass is 154 g/mol. The molecule has 0 radical (unpaired) electrons. The van der Waals surface area contributed by atoms with E-state index in [1.54, 1.807) is 12.2 Å². The third-order valence-electron chi connectivity index (χ3n) is 1.39. The van der Waals surface area contributed by atoms with Crippen molar-refractivity contribution in [2.75, 3.05) is 0 Å². The molecule has 2 N–H and O–H groups in total. The third-order valence-corrected chi connectivity index (χ3v) is 1.67. The largest absolute Gasteiger partial charge is 0.323 e. The SMILES string of the molecule is N#CC1=CC=C(Cl)CC1N. The maximum absolute atomic E-state index is 8.48. The Labute approximate surface area is 64.6 Å². The minimum Gasteiger partial charge on any atom is -0.323 e. The van der Waals surface area contributed by atoms with Crippen LogP contribution in [0.5, 0.6) is 0 Å². The second-order valence-electron chi connectivity index (χ2n) is 2.16. The quantitative estimate of drug-likeness (QED) is 0.572. The summed E-state index contributed by atoms with van der Waals surface area (Å²) in [6.45, 7) is 0. The lowest BCUT2D eigenvalue weighted by atomic mass is 10.0. The zero-order valence-electron chi connectivity index (χ0n) is 5.34. The molecule has 52 valence electrons. The molecule has 0 aromatic carbocycles. The van der Waals surface area contributed by atoms with Gasteiger partial charge in [-0.15, -0.1) is 0 Å². The molecule has 0 heterocycles. The lowest BCUT2D eigenvalue weighted by Gasteiger charge is -2.12. The highest BCUT2D eigenvalue weighted by molar-refractivity contribution is 6.29. The van der Waals surface area contributed by atoms with Crippen molar-refractivity contribution in [2.24, 2.45) is 5.73 Å². The molecule has 0 amide bonds. The van der Waals surface area contributed by atoms with Crippen molar-refractivity contribution in [3.05, 3.63) is 22.8 Å². The normalized spacial score (nSPS) is 24.7. The van der Waals surface area contributed by atoms with Crippen molar-refractivity contribution in [3.8, 4) is 6.07 Å². The number of allylic oxidation sites excluding steroid dienone is 2. The molecule has 0 aromatic rings. The standard InChI is InChI=1S/C7H7ClN2/c8-6-2-1-5(4-9)7(10)3-6/h1-2,7H,3,10H2. The highest BCUT2D eigenvalue weighted by Gasteiger charge is 2.12. The number of hydrogen-bond acceptors (Lipinski definition) is 2. The van der Waals surface area contributed by atoms with E-state index in [4.69, 9.17) is 22.6 Å².